The van der Waals surface area contributed by atoms with E-state index in [9.17, 15) is 0 Å². The maximum atomic E-state index is 5.86. The monoisotopic (exact) mass is 250 g/mol. The molecule has 1 aliphatic rings. The van der Waals surface area contributed by atoms with Crippen LogP contribution in [0.4, 0.5) is 0 Å². The van der Waals surface area contributed by atoms with Crippen LogP contribution in [0.15, 0.2) is 36.7 Å². The van der Waals surface area contributed by atoms with E-state index in [2.05, 4.69) is 41.3 Å². The zero-order valence-corrected chi connectivity index (χ0v) is 11.0. The Hall–Kier alpha value is -1.15. The van der Waals surface area contributed by atoms with Crippen LogP contribution in [0.3, 0.4) is 0 Å². The average molecular weight is 251 g/mol. The van der Waals surface area contributed by atoms with Gasteiger partial charge >= 0.3 is 0 Å². The Morgan fingerprint density at radius 2 is 1.71 bits per heavy atom. The molecule has 0 aliphatic carbocycles. The number of benzene rings is 1. The Kier molecular flexibility index (Phi) is 4.32. The lowest BCUT2D eigenvalue weighted by molar-refractivity contribution is 0.267. The second-order valence-corrected chi connectivity index (χ2v) is 4.88. The minimum absolute atomic E-state index is 0.809. The summed E-state index contributed by atoms with van der Waals surface area (Å²) >= 11 is 5.86. The van der Waals surface area contributed by atoms with E-state index in [0.29, 0.717) is 0 Å². The second-order valence-electron chi connectivity index (χ2n) is 4.44. The lowest BCUT2D eigenvalue weighted by Crippen LogP contribution is -2.27. The Balaban J connectivity index is 1.76. The summed E-state index contributed by atoms with van der Waals surface area (Å²) in [6.45, 7) is 5.46. The summed E-state index contributed by atoms with van der Waals surface area (Å²) in [6.07, 6.45) is 6.65. The fourth-order valence-electron chi connectivity index (χ4n) is 2.02. The number of halogens is 1. The Bertz CT molecular complexity index is 372. The molecule has 3 heteroatoms. The summed E-state index contributed by atoms with van der Waals surface area (Å²) in [5, 5.41) is 0.809. The van der Waals surface area contributed by atoms with E-state index in [1.807, 2.05) is 12.1 Å². The number of hydrogen-bond acceptors (Lipinski definition) is 2. The highest BCUT2D eigenvalue weighted by atomic mass is 35.5. The van der Waals surface area contributed by atoms with Gasteiger partial charge in [0, 0.05) is 30.5 Å². The molecular weight excluding hydrogens is 232 g/mol. The van der Waals surface area contributed by atoms with Crippen molar-refractivity contribution in [3.8, 4) is 0 Å². The van der Waals surface area contributed by atoms with Crippen LogP contribution in [-0.2, 0) is 6.42 Å². The van der Waals surface area contributed by atoms with Gasteiger partial charge in [0.05, 0.1) is 6.67 Å². The molecule has 0 N–H and O–H groups in total. The summed E-state index contributed by atoms with van der Waals surface area (Å²) in [5.74, 6) is 0. The summed E-state index contributed by atoms with van der Waals surface area (Å²) in [6, 6.07) is 8.12. The van der Waals surface area contributed by atoms with Crippen molar-refractivity contribution in [1.29, 1.82) is 0 Å². The lowest BCUT2D eigenvalue weighted by atomic mass is 10.1. The van der Waals surface area contributed by atoms with Crippen molar-refractivity contribution >= 4 is 11.6 Å². The van der Waals surface area contributed by atoms with Gasteiger partial charge in [-0.2, -0.15) is 0 Å². The highest BCUT2D eigenvalue weighted by Crippen LogP contribution is 2.12. The Labute approximate surface area is 108 Å². The number of hydrogen-bond donors (Lipinski definition) is 0. The van der Waals surface area contributed by atoms with E-state index in [0.717, 1.165) is 31.2 Å². The number of rotatable bonds is 5. The first-order chi connectivity index (χ1) is 8.28. The van der Waals surface area contributed by atoms with E-state index in [-0.39, 0.29) is 0 Å². The summed E-state index contributed by atoms with van der Waals surface area (Å²) in [4.78, 5) is 4.70. The molecule has 0 saturated carbocycles. The highest BCUT2D eigenvalue weighted by Gasteiger charge is 2.10. The molecular formula is C14H19ClN2. The third-order valence-corrected chi connectivity index (χ3v) is 3.22. The van der Waals surface area contributed by atoms with Crippen molar-refractivity contribution in [1.82, 2.24) is 9.80 Å². The molecule has 0 atom stereocenters. The first-order valence-electron chi connectivity index (χ1n) is 6.19. The van der Waals surface area contributed by atoms with E-state index in [4.69, 9.17) is 11.6 Å². The zero-order valence-electron chi connectivity index (χ0n) is 10.3. The fourth-order valence-corrected chi connectivity index (χ4v) is 2.14. The minimum Gasteiger partial charge on any atom is -0.359 e. The fraction of sp³-hybridized carbons (Fsp3) is 0.429. The second kappa shape index (κ2) is 5.97. The smallest absolute Gasteiger partial charge is 0.0893 e. The molecule has 0 radical (unpaired) electrons. The van der Waals surface area contributed by atoms with Crippen molar-refractivity contribution in [3.63, 3.8) is 0 Å². The molecule has 1 aromatic carbocycles. The SMILES string of the molecule is CCCN1C=CN(CCc2ccc(Cl)cc2)C1. The van der Waals surface area contributed by atoms with Crippen molar-refractivity contribution in [2.45, 2.75) is 19.8 Å². The predicted octanol–water partition coefficient (Wildman–Crippen LogP) is 3.34. The van der Waals surface area contributed by atoms with Crippen molar-refractivity contribution < 1.29 is 0 Å². The van der Waals surface area contributed by atoms with Crippen LogP contribution in [0.25, 0.3) is 0 Å². The average Bonchev–Trinajstić information content (AvgIpc) is 2.77. The first-order valence-corrected chi connectivity index (χ1v) is 6.56. The van der Waals surface area contributed by atoms with Crippen molar-refractivity contribution in [3.05, 3.63) is 47.3 Å². The maximum absolute atomic E-state index is 5.86. The van der Waals surface area contributed by atoms with Crippen LogP contribution in [0.5, 0.6) is 0 Å². The van der Waals surface area contributed by atoms with Crippen LogP contribution in [0.1, 0.15) is 18.9 Å². The Morgan fingerprint density at radius 1 is 1.06 bits per heavy atom. The summed E-state index contributed by atoms with van der Waals surface area (Å²) in [7, 11) is 0. The van der Waals surface area contributed by atoms with Gasteiger partial charge in [0.15, 0.2) is 0 Å². The molecule has 0 spiro atoms. The Morgan fingerprint density at radius 3 is 2.35 bits per heavy atom. The molecule has 1 heterocycles. The van der Waals surface area contributed by atoms with E-state index >= 15 is 0 Å². The molecule has 0 bridgehead atoms. The molecule has 1 aromatic rings. The topological polar surface area (TPSA) is 6.48 Å². The quantitative estimate of drug-likeness (QED) is 0.791. The van der Waals surface area contributed by atoms with E-state index < -0.39 is 0 Å². The lowest BCUT2D eigenvalue weighted by Gasteiger charge is -2.20. The summed E-state index contributed by atoms with van der Waals surface area (Å²) in [5.41, 5.74) is 1.34. The minimum atomic E-state index is 0.809. The molecule has 2 nitrogen and oxygen atoms in total. The van der Waals surface area contributed by atoms with Gasteiger partial charge in [-0.1, -0.05) is 30.7 Å². The molecule has 0 aromatic heterocycles. The van der Waals surface area contributed by atoms with Crippen LogP contribution in [0, 0.1) is 0 Å². The van der Waals surface area contributed by atoms with Gasteiger partial charge in [-0.25, -0.2) is 0 Å². The maximum Gasteiger partial charge on any atom is 0.0893 e. The van der Waals surface area contributed by atoms with E-state index in [1.165, 1.54) is 12.0 Å². The molecule has 0 fully saturated rings. The third kappa shape index (κ3) is 3.67. The van der Waals surface area contributed by atoms with Crippen LogP contribution in [-0.4, -0.2) is 29.6 Å². The molecule has 0 saturated heterocycles. The van der Waals surface area contributed by atoms with E-state index in [1.54, 1.807) is 0 Å². The largest absolute Gasteiger partial charge is 0.359 e. The van der Waals surface area contributed by atoms with Crippen LogP contribution >= 0.6 is 11.6 Å². The van der Waals surface area contributed by atoms with Crippen molar-refractivity contribution in [2.24, 2.45) is 0 Å². The normalized spacial score (nSPS) is 14.7. The molecule has 92 valence electrons. The molecule has 2 rings (SSSR count). The van der Waals surface area contributed by atoms with Crippen LogP contribution < -0.4 is 0 Å². The molecule has 0 amide bonds. The molecule has 1 aliphatic heterocycles. The van der Waals surface area contributed by atoms with Crippen LogP contribution in [0.2, 0.25) is 5.02 Å². The van der Waals surface area contributed by atoms with Gasteiger partial charge in [-0.3, -0.25) is 0 Å². The third-order valence-electron chi connectivity index (χ3n) is 2.96. The van der Waals surface area contributed by atoms with Gasteiger partial charge in [0.1, 0.15) is 0 Å². The zero-order chi connectivity index (χ0) is 12.1. The van der Waals surface area contributed by atoms with Gasteiger partial charge in [0.25, 0.3) is 0 Å². The summed E-state index contributed by atoms with van der Waals surface area (Å²) < 4.78 is 0. The standard InChI is InChI=1S/C14H19ClN2/c1-2-8-16-10-11-17(12-16)9-7-13-3-5-14(15)6-4-13/h3-6,10-11H,2,7-9,12H2,1H3. The highest BCUT2D eigenvalue weighted by molar-refractivity contribution is 6.30. The first kappa shape index (κ1) is 12.3. The van der Waals surface area contributed by atoms with Gasteiger partial charge in [0.2, 0.25) is 0 Å². The van der Waals surface area contributed by atoms with Gasteiger partial charge in [-0.05, 0) is 30.5 Å². The number of nitrogens with zero attached hydrogens (tertiary/aromatic N) is 2. The predicted molar refractivity (Wildman–Crippen MR) is 72.9 cm³/mol. The van der Waals surface area contributed by atoms with Gasteiger partial charge in [-0.15, -0.1) is 0 Å². The molecule has 17 heavy (non-hydrogen) atoms. The van der Waals surface area contributed by atoms with Gasteiger partial charge < -0.3 is 9.80 Å². The molecule has 0 unspecified atom stereocenters. The van der Waals surface area contributed by atoms with Crippen molar-refractivity contribution in [2.75, 3.05) is 19.8 Å².